The fraction of sp³-hybridized carbons (Fsp3) is 0.120. The smallest absolute Gasteiger partial charge is 0.360 e. The lowest BCUT2D eigenvalue weighted by Crippen LogP contribution is -2.28. The van der Waals surface area contributed by atoms with Crippen LogP contribution in [0.3, 0.4) is 0 Å². The molecule has 1 aromatic heterocycles. The van der Waals surface area contributed by atoms with Gasteiger partial charge in [-0.1, -0.05) is 66.2 Å². The van der Waals surface area contributed by atoms with Crippen LogP contribution in [0, 0.1) is 6.92 Å². The first-order valence-electron chi connectivity index (χ1n) is 9.85. The van der Waals surface area contributed by atoms with Crippen molar-refractivity contribution in [3.63, 3.8) is 0 Å². The van der Waals surface area contributed by atoms with Crippen LogP contribution < -0.4 is 5.56 Å². The third kappa shape index (κ3) is 4.00. The van der Waals surface area contributed by atoms with E-state index >= 15 is 0 Å². The molecule has 0 aliphatic rings. The number of nitrogens with zero attached hydrogens (tertiary/aromatic N) is 2. The van der Waals surface area contributed by atoms with Crippen LogP contribution in [-0.2, 0) is 4.74 Å². The molecule has 0 saturated carbocycles. The highest BCUT2D eigenvalue weighted by molar-refractivity contribution is 6.05. The van der Waals surface area contributed by atoms with Crippen LogP contribution in [0.1, 0.15) is 33.3 Å². The molecule has 0 aliphatic heterocycles. The number of aromatic nitrogens is 2. The summed E-state index contributed by atoms with van der Waals surface area (Å²) in [6, 6.07) is 22.6. The van der Waals surface area contributed by atoms with Gasteiger partial charge in [0, 0.05) is 10.9 Å². The molecule has 31 heavy (non-hydrogen) atoms. The lowest BCUT2D eigenvalue weighted by Gasteiger charge is -2.14. The third-order valence-corrected chi connectivity index (χ3v) is 4.99. The van der Waals surface area contributed by atoms with Crippen LogP contribution in [-0.4, -0.2) is 27.6 Å². The molecule has 0 unspecified atom stereocenters. The van der Waals surface area contributed by atoms with E-state index in [1.807, 2.05) is 25.1 Å². The summed E-state index contributed by atoms with van der Waals surface area (Å²) in [7, 11) is 0. The average Bonchev–Trinajstić information content (AvgIpc) is 2.80. The van der Waals surface area contributed by atoms with Gasteiger partial charge in [0.1, 0.15) is 0 Å². The Morgan fingerprint density at radius 1 is 0.871 bits per heavy atom. The van der Waals surface area contributed by atoms with Crippen molar-refractivity contribution in [1.29, 1.82) is 0 Å². The van der Waals surface area contributed by atoms with Crippen molar-refractivity contribution >= 4 is 22.5 Å². The summed E-state index contributed by atoms with van der Waals surface area (Å²) in [6.45, 7) is 3.45. The molecule has 0 fully saturated rings. The second-order valence-electron chi connectivity index (χ2n) is 7.22. The number of ketones is 1. The van der Waals surface area contributed by atoms with Crippen molar-refractivity contribution in [1.82, 2.24) is 9.78 Å². The molecule has 0 aliphatic carbocycles. The summed E-state index contributed by atoms with van der Waals surface area (Å²) in [4.78, 5) is 38.6. The number of benzene rings is 3. The van der Waals surface area contributed by atoms with Crippen LogP contribution in [0.5, 0.6) is 0 Å². The summed E-state index contributed by atoms with van der Waals surface area (Å²) in [5, 5.41) is 5.00. The van der Waals surface area contributed by atoms with E-state index in [2.05, 4.69) is 5.10 Å². The molecular weight excluding hydrogens is 392 g/mol. The van der Waals surface area contributed by atoms with Crippen LogP contribution in [0.25, 0.3) is 16.5 Å². The van der Waals surface area contributed by atoms with Gasteiger partial charge in [0.05, 0.1) is 11.1 Å². The second-order valence-corrected chi connectivity index (χ2v) is 7.22. The van der Waals surface area contributed by atoms with Crippen molar-refractivity contribution in [3.05, 3.63) is 106 Å². The molecule has 1 heterocycles. The van der Waals surface area contributed by atoms with E-state index in [0.717, 1.165) is 5.56 Å². The predicted octanol–water partition coefficient (Wildman–Crippen LogP) is 4.12. The highest BCUT2D eigenvalue weighted by Gasteiger charge is 2.24. The van der Waals surface area contributed by atoms with E-state index in [1.54, 1.807) is 60.7 Å². The van der Waals surface area contributed by atoms with Crippen LogP contribution in [0.15, 0.2) is 83.7 Å². The van der Waals surface area contributed by atoms with Crippen LogP contribution in [0.2, 0.25) is 0 Å². The van der Waals surface area contributed by atoms with E-state index in [1.165, 1.54) is 11.6 Å². The van der Waals surface area contributed by atoms with Gasteiger partial charge < -0.3 is 4.74 Å². The highest BCUT2D eigenvalue weighted by atomic mass is 16.5. The van der Waals surface area contributed by atoms with Crippen molar-refractivity contribution < 1.29 is 14.3 Å². The van der Waals surface area contributed by atoms with Crippen LogP contribution in [0.4, 0.5) is 0 Å². The topological polar surface area (TPSA) is 78.3 Å². The van der Waals surface area contributed by atoms with E-state index < -0.39 is 12.1 Å². The standard InChI is InChI=1S/C25H20N2O4/c1-16-12-14-18(15-13-16)23(28)17(2)31-25(30)22-20-10-6-7-11-21(20)24(29)27(26-22)19-8-4-3-5-9-19/h3-15,17H,1-2H3/t17-/m1/s1. The number of carbonyl (C=O) groups excluding carboxylic acids is 2. The Balaban J connectivity index is 1.72. The zero-order valence-corrected chi connectivity index (χ0v) is 17.1. The molecule has 0 bridgehead atoms. The second kappa shape index (κ2) is 8.36. The average molecular weight is 412 g/mol. The van der Waals surface area contributed by atoms with Gasteiger partial charge in [-0.15, -0.1) is 0 Å². The van der Waals surface area contributed by atoms with Gasteiger partial charge >= 0.3 is 5.97 Å². The first-order chi connectivity index (χ1) is 15.0. The zero-order valence-electron chi connectivity index (χ0n) is 17.1. The summed E-state index contributed by atoms with van der Waals surface area (Å²) in [5.41, 5.74) is 1.64. The maximum Gasteiger partial charge on any atom is 0.360 e. The Morgan fingerprint density at radius 3 is 2.16 bits per heavy atom. The van der Waals surface area contributed by atoms with Crippen molar-refractivity contribution in [2.45, 2.75) is 20.0 Å². The fourth-order valence-corrected chi connectivity index (χ4v) is 3.31. The van der Waals surface area contributed by atoms with Gasteiger partial charge in [-0.3, -0.25) is 9.59 Å². The number of Topliss-reactive ketones (excluding diaryl/α,β-unsaturated/α-hetero) is 1. The van der Waals surface area contributed by atoms with E-state index in [9.17, 15) is 14.4 Å². The molecule has 0 amide bonds. The molecular formula is C25H20N2O4. The summed E-state index contributed by atoms with van der Waals surface area (Å²) < 4.78 is 6.63. The molecule has 154 valence electrons. The molecule has 1 atom stereocenters. The largest absolute Gasteiger partial charge is 0.449 e. The van der Waals surface area contributed by atoms with Crippen LogP contribution >= 0.6 is 0 Å². The molecule has 0 N–H and O–H groups in total. The molecule has 3 aromatic carbocycles. The minimum atomic E-state index is -1.01. The minimum absolute atomic E-state index is 0.0254. The number of fused-ring (bicyclic) bond motifs is 1. The van der Waals surface area contributed by atoms with Crippen molar-refractivity contribution in [2.75, 3.05) is 0 Å². The Hall–Kier alpha value is -4.06. The van der Waals surface area contributed by atoms with Gasteiger partial charge in [-0.05, 0) is 32.0 Å². The molecule has 4 aromatic rings. The quantitative estimate of drug-likeness (QED) is 0.364. The van der Waals surface area contributed by atoms with Crippen molar-refractivity contribution in [3.8, 4) is 5.69 Å². The maximum atomic E-state index is 13.0. The first kappa shape index (κ1) is 20.2. The Labute approximate surface area is 178 Å². The van der Waals surface area contributed by atoms with E-state index in [-0.39, 0.29) is 17.0 Å². The Morgan fingerprint density at radius 2 is 1.48 bits per heavy atom. The summed E-state index contributed by atoms with van der Waals surface area (Å²) in [6.07, 6.45) is -1.01. The van der Waals surface area contributed by atoms with E-state index in [4.69, 9.17) is 4.74 Å². The Kier molecular flexibility index (Phi) is 5.45. The number of ether oxygens (including phenoxy) is 1. The maximum absolute atomic E-state index is 13.0. The van der Waals surface area contributed by atoms with Crippen molar-refractivity contribution in [2.24, 2.45) is 0 Å². The first-order valence-corrected chi connectivity index (χ1v) is 9.85. The third-order valence-electron chi connectivity index (χ3n) is 4.99. The normalized spacial score (nSPS) is 11.8. The molecule has 0 saturated heterocycles. The summed E-state index contributed by atoms with van der Waals surface area (Å²) in [5.74, 6) is -1.08. The molecule has 0 spiro atoms. The fourth-order valence-electron chi connectivity index (χ4n) is 3.31. The van der Waals surface area contributed by atoms with Gasteiger partial charge in [0.2, 0.25) is 5.78 Å². The van der Waals surface area contributed by atoms with E-state index in [0.29, 0.717) is 22.0 Å². The number of esters is 1. The molecule has 6 nitrogen and oxygen atoms in total. The molecule has 0 radical (unpaired) electrons. The number of hydrogen-bond donors (Lipinski definition) is 0. The van der Waals surface area contributed by atoms with Gasteiger partial charge in [-0.25, -0.2) is 4.79 Å². The predicted molar refractivity (Wildman–Crippen MR) is 118 cm³/mol. The zero-order chi connectivity index (χ0) is 22.0. The minimum Gasteiger partial charge on any atom is -0.449 e. The summed E-state index contributed by atoms with van der Waals surface area (Å²) >= 11 is 0. The highest BCUT2D eigenvalue weighted by Crippen LogP contribution is 2.17. The lowest BCUT2D eigenvalue weighted by atomic mass is 10.1. The lowest BCUT2D eigenvalue weighted by molar-refractivity contribution is 0.0313. The number of rotatable bonds is 5. The van der Waals surface area contributed by atoms with Gasteiger partial charge in [-0.2, -0.15) is 9.78 Å². The monoisotopic (exact) mass is 412 g/mol. The molecule has 4 rings (SSSR count). The number of aryl methyl sites for hydroxylation is 1. The Bertz CT molecular complexity index is 1330. The van der Waals surface area contributed by atoms with Gasteiger partial charge in [0.25, 0.3) is 5.56 Å². The molecule has 6 heteroatoms. The number of hydrogen-bond acceptors (Lipinski definition) is 5. The number of carbonyl (C=O) groups is 2. The SMILES string of the molecule is Cc1ccc(C(=O)[C@@H](C)OC(=O)c2nn(-c3ccccc3)c(=O)c3ccccc23)cc1. The number of para-hydroxylation sites is 1. The van der Waals surface area contributed by atoms with Gasteiger partial charge in [0.15, 0.2) is 11.8 Å².